The number of benzene rings is 3. The molecule has 10 nitrogen and oxygen atoms in total. The molecule has 0 aliphatic carbocycles. The van der Waals surface area contributed by atoms with Gasteiger partial charge in [-0.15, -0.1) is 10.2 Å². The van der Waals surface area contributed by atoms with Gasteiger partial charge < -0.3 is 24.1 Å². The first-order chi connectivity index (χ1) is 21.0. The first-order valence-electron chi connectivity index (χ1n) is 13.5. The molecule has 0 spiro atoms. The lowest BCUT2D eigenvalue weighted by atomic mass is 9.95. The van der Waals surface area contributed by atoms with Crippen molar-refractivity contribution in [2.24, 2.45) is 0 Å². The lowest BCUT2D eigenvalue weighted by Gasteiger charge is -2.24. The van der Waals surface area contributed by atoms with Gasteiger partial charge in [-0.2, -0.15) is 0 Å². The molecule has 0 radical (unpaired) electrons. The number of methoxy groups -OCH3 is 1. The summed E-state index contributed by atoms with van der Waals surface area (Å²) in [5, 5.41) is 20.4. The number of aliphatic hydroxyl groups is 1. The summed E-state index contributed by atoms with van der Waals surface area (Å²) in [5.41, 5.74) is 1.85. The van der Waals surface area contributed by atoms with Crippen LogP contribution in [0.5, 0.6) is 23.0 Å². The maximum atomic E-state index is 13.6. The summed E-state index contributed by atoms with van der Waals surface area (Å²) in [6.45, 7) is 3.05. The zero-order valence-electron chi connectivity index (χ0n) is 23.3. The van der Waals surface area contributed by atoms with E-state index < -0.39 is 17.7 Å². The minimum Gasteiger partial charge on any atom is -0.507 e. The minimum atomic E-state index is -1.02. The van der Waals surface area contributed by atoms with Crippen molar-refractivity contribution in [3.8, 4) is 23.0 Å². The Morgan fingerprint density at radius 2 is 1.81 bits per heavy atom. The Balaban J connectivity index is 1.43. The molecule has 0 saturated carbocycles. The zero-order chi connectivity index (χ0) is 29.9. The molecule has 2 aliphatic rings. The second-order valence-electron chi connectivity index (χ2n) is 9.50. The quantitative estimate of drug-likeness (QED) is 0.0831. The Kier molecular flexibility index (Phi) is 8.21. The molecule has 220 valence electrons. The van der Waals surface area contributed by atoms with E-state index in [-0.39, 0.29) is 16.5 Å². The van der Waals surface area contributed by atoms with E-state index in [1.54, 1.807) is 36.4 Å². The van der Waals surface area contributed by atoms with Gasteiger partial charge in [0, 0.05) is 11.3 Å². The number of aliphatic hydroxyl groups excluding tert-OH is 1. The number of ether oxygens (including phenoxy) is 4. The topological polar surface area (TPSA) is 120 Å². The summed E-state index contributed by atoms with van der Waals surface area (Å²) in [5.74, 6) is 0.537. The Hall–Kier alpha value is -4.55. The van der Waals surface area contributed by atoms with Crippen molar-refractivity contribution in [3.05, 3.63) is 89.0 Å². The van der Waals surface area contributed by atoms with E-state index in [4.69, 9.17) is 18.9 Å². The summed E-state index contributed by atoms with van der Waals surface area (Å²) < 4.78 is 23.2. The van der Waals surface area contributed by atoms with Gasteiger partial charge >= 0.3 is 5.91 Å². The van der Waals surface area contributed by atoms with Crippen LogP contribution in [0.1, 0.15) is 29.7 Å². The van der Waals surface area contributed by atoms with Gasteiger partial charge in [0.05, 0.1) is 25.3 Å². The number of aromatic nitrogens is 2. The summed E-state index contributed by atoms with van der Waals surface area (Å²) >= 11 is 2.68. The first kappa shape index (κ1) is 28.6. The number of rotatable bonds is 9. The predicted molar refractivity (Wildman–Crippen MR) is 162 cm³/mol. The van der Waals surface area contributed by atoms with Crippen LogP contribution in [0, 0.1) is 0 Å². The average Bonchev–Trinajstić information content (AvgIpc) is 3.62. The van der Waals surface area contributed by atoms with E-state index in [0.717, 1.165) is 5.56 Å². The molecule has 1 saturated heterocycles. The predicted octanol–water partition coefficient (Wildman–Crippen LogP) is 5.64. The number of carbonyl (C=O) groups excluding carboxylic acids is 2. The molecule has 1 atom stereocenters. The summed E-state index contributed by atoms with van der Waals surface area (Å²) in [6, 6.07) is 18.9. The maximum Gasteiger partial charge on any atom is 0.301 e. The zero-order valence-corrected chi connectivity index (χ0v) is 24.9. The SMILES string of the molecule is CCOc1ccc(C2/C(=C(\O)c3ccc4c(c3)OCCO4)C(=O)C(=O)N2c2nnc(SCc3ccccc3)s2)cc1OC. The van der Waals surface area contributed by atoms with Crippen LogP contribution in [0.15, 0.2) is 76.6 Å². The van der Waals surface area contributed by atoms with Crippen LogP contribution in [0.25, 0.3) is 5.76 Å². The molecule has 3 aromatic carbocycles. The summed E-state index contributed by atoms with van der Waals surface area (Å²) in [4.78, 5) is 28.6. The molecule has 2 aliphatic heterocycles. The molecule has 0 bridgehead atoms. The molecule has 1 N–H and O–H groups in total. The van der Waals surface area contributed by atoms with E-state index in [0.29, 0.717) is 64.0 Å². The number of hydrogen-bond acceptors (Lipinski definition) is 11. The molecular weight excluding hydrogens is 590 g/mol. The fraction of sp³-hybridized carbons (Fsp3) is 0.226. The van der Waals surface area contributed by atoms with Gasteiger partial charge in [0.15, 0.2) is 27.3 Å². The van der Waals surface area contributed by atoms with Gasteiger partial charge in [0.25, 0.3) is 5.78 Å². The lowest BCUT2D eigenvalue weighted by Crippen LogP contribution is -2.29. The van der Waals surface area contributed by atoms with Gasteiger partial charge in [0.2, 0.25) is 5.13 Å². The molecule has 6 rings (SSSR count). The maximum absolute atomic E-state index is 13.6. The highest BCUT2D eigenvalue weighted by atomic mass is 32.2. The number of anilines is 1. The number of ketones is 1. The van der Waals surface area contributed by atoms with Gasteiger partial charge in [-0.25, -0.2) is 0 Å². The molecule has 1 amide bonds. The fourth-order valence-corrected chi connectivity index (χ4v) is 6.72. The number of fused-ring (bicyclic) bond motifs is 1. The Bertz CT molecular complexity index is 1710. The number of carbonyl (C=O) groups is 2. The van der Waals surface area contributed by atoms with Crippen molar-refractivity contribution in [2.75, 3.05) is 31.8 Å². The Labute approximate surface area is 255 Å². The number of nitrogens with zero attached hydrogens (tertiary/aromatic N) is 3. The van der Waals surface area contributed by atoms with Crippen LogP contribution in [-0.2, 0) is 15.3 Å². The summed E-state index contributed by atoms with van der Waals surface area (Å²) in [7, 11) is 1.51. The van der Waals surface area contributed by atoms with Gasteiger partial charge in [-0.3, -0.25) is 14.5 Å². The average molecular weight is 618 g/mol. The molecule has 4 aromatic rings. The number of hydrogen-bond donors (Lipinski definition) is 1. The van der Waals surface area contributed by atoms with Crippen molar-refractivity contribution in [1.29, 1.82) is 0 Å². The number of amides is 1. The standard InChI is InChI=1S/C31H27N3O7S2/c1-3-39-21-11-9-19(15-23(21)38-2)26-25(27(35)20-10-12-22-24(16-20)41-14-13-40-22)28(36)29(37)34(26)30-32-33-31(43-30)42-17-18-7-5-4-6-8-18/h4-12,15-16,26,35H,3,13-14,17H2,1-2H3/b27-25+. The molecular formula is C31H27N3O7S2. The van der Waals surface area contributed by atoms with E-state index in [2.05, 4.69) is 10.2 Å². The largest absolute Gasteiger partial charge is 0.507 e. The van der Waals surface area contributed by atoms with Crippen molar-refractivity contribution in [3.63, 3.8) is 0 Å². The monoisotopic (exact) mass is 617 g/mol. The van der Waals surface area contributed by atoms with Gasteiger partial charge in [-0.05, 0) is 48.4 Å². The highest BCUT2D eigenvalue weighted by Gasteiger charge is 2.48. The van der Waals surface area contributed by atoms with Crippen LogP contribution < -0.4 is 23.8 Å². The minimum absolute atomic E-state index is 0.0958. The van der Waals surface area contributed by atoms with Gasteiger partial charge in [0.1, 0.15) is 19.0 Å². The van der Waals surface area contributed by atoms with E-state index in [9.17, 15) is 14.7 Å². The molecule has 1 fully saturated rings. The Morgan fingerprint density at radius 3 is 2.58 bits per heavy atom. The molecule has 43 heavy (non-hydrogen) atoms. The normalized spacial score (nSPS) is 17.3. The van der Waals surface area contributed by atoms with Crippen molar-refractivity contribution >= 4 is 45.7 Å². The summed E-state index contributed by atoms with van der Waals surface area (Å²) in [6.07, 6.45) is 0. The van der Waals surface area contributed by atoms with Crippen molar-refractivity contribution in [2.45, 2.75) is 23.1 Å². The molecule has 12 heteroatoms. The number of thioether (sulfide) groups is 1. The van der Waals surface area contributed by atoms with Gasteiger partial charge in [-0.1, -0.05) is 59.5 Å². The highest BCUT2D eigenvalue weighted by molar-refractivity contribution is 8.00. The number of Topliss-reactive ketones (excluding diaryl/α,β-unsaturated/α-hetero) is 1. The molecule has 1 unspecified atom stereocenters. The third-order valence-corrected chi connectivity index (χ3v) is 9.00. The third-order valence-electron chi connectivity index (χ3n) is 6.87. The Morgan fingerprint density at radius 1 is 1.02 bits per heavy atom. The molecule has 1 aromatic heterocycles. The van der Waals surface area contributed by atoms with E-state index >= 15 is 0 Å². The molecule has 3 heterocycles. The lowest BCUT2D eigenvalue weighted by molar-refractivity contribution is -0.132. The van der Waals surface area contributed by atoms with Crippen LogP contribution in [0.2, 0.25) is 0 Å². The fourth-order valence-electron chi connectivity index (χ4n) is 4.90. The van der Waals surface area contributed by atoms with Crippen LogP contribution in [0.4, 0.5) is 5.13 Å². The van der Waals surface area contributed by atoms with E-state index in [1.807, 2.05) is 37.3 Å². The second kappa shape index (κ2) is 12.4. The first-order valence-corrected chi connectivity index (χ1v) is 15.3. The second-order valence-corrected chi connectivity index (χ2v) is 11.7. The van der Waals surface area contributed by atoms with E-state index in [1.165, 1.54) is 35.1 Å². The van der Waals surface area contributed by atoms with Crippen LogP contribution in [-0.4, -0.2) is 53.9 Å². The highest BCUT2D eigenvalue weighted by Crippen LogP contribution is 2.46. The van der Waals surface area contributed by atoms with Crippen molar-refractivity contribution in [1.82, 2.24) is 10.2 Å². The van der Waals surface area contributed by atoms with Crippen LogP contribution in [0.3, 0.4) is 0 Å². The third kappa shape index (κ3) is 5.63. The van der Waals surface area contributed by atoms with Crippen LogP contribution >= 0.6 is 23.1 Å². The van der Waals surface area contributed by atoms with Crippen molar-refractivity contribution < 1.29 is 33.6 Å². The smallest absolute Gasteiger partial charge is 0.301 e.